The molecule has 2 rings (SSSR count). The second kappa shape index (κ2) is 4.67. The maximum atomic E-state index is 11.5. The molecule has 0 saturated heterocycles. The first kappa shape index (κ1) is 10.5. The Kier molecular flexibility index (Phi) is 3.27. The molecule has 1 fully saturated rings. The maximum Gasteiger partial charge on any atom is 0.319 e. The minimum Gasteiger partial charge on any atom is -0.426 e. The lowest BCUT2D eigenvalue weighted by Crippen LogP contribution is -2.16. The van der Waals surface area contributed by atoms with Crippen molar-refractivity contribution in [1.82, 2.24) is 0 Å². The smallest absolute Gasteiger partial charge is 0.319 e. The van der Waals surface area contributed by atoms with Crippen molar-refractivity contribution in [3.8, 4) is 5.75 Å². The average molecular weight is 220 g/mol. The predicted molar refractivity (Wildman–Crippen MR) is 57.5 cm³/mol. The van der Waals surface area contributed by atoms with Crippen LogP contribution in [0.15, 0.2) is 24.3 Å². The van der Waals surface area contributed by atoms with E-state index in [0.717, 1.165) is 0 Å². The number of rotatable bonds is 2. The number of hydrogen-bond acceptors (Lipinski definition) is 2. The van der Waals surface area contributed by atoms with Crippen molar-refractivity contribution in [1.29, 1.82) is 0 Å². The molecule has 0 N–H and O–H groups in total. The first-order chi connectivity index (χ1) is 7.25. The van der Waals surface area contributed by atoms with Gasteiger partial charge in [0.2, 0.25) is 0 Å². The normalized spacial score (nSPS) is 16.6. The highest BCUT2D eigenvalue weighted by Gasteiger charge is 2.26. The fraction of sp³-hybridized carbons (Fsp3) is 0. The number of benzene rings is 1. The van der Waals surface area contributed by atoms with Crippen molar-refractivity contribution < 1.29 is 9.53 Å². The summed E-state index contributed by atoms with van der Waals surface area (Å²) in [4.78, 5) is 11.5. The van der Waals surface area contributed by atoms with E-state index in [-0.39, 0.29) is 5.97 Å². The number of esters is 1. The quantitative estimate of drug-likeness (QED) is 0.565. The Hall–Kier alpha value is -1.02. The summed E-state index contributed by atoms with van der Waals surface area (Å²) >= 11 is 5.71. The van der Waals surface area contributed by atoms with Crippen molar-refractivity contribution >= 4 is 17.6 Å². The monoisotopic (exact) mass is 219 g/mol. The van der Waals surface area contributed by atoms with E-state index in [1.807, 2.05) is 0 Å². The molecule has 75 valence electrons. The van der Waals surface area contributed by atoms with E-state index >= 15 is 0 Å². The molecule has 0 bridgehead atoms. The summed E-state index contributed by atoms with van der Waals surface area (Å²) in [6, 6.07) is 6.66. The summed E-state index contributed by atoms with van der Waals surface area (Å²) in [5.41, 5.74) is 0. The molecule has 1 aromatic rings. The Morgan fingerprint density at radius 2 is 1.67 bits per heavy atom. The topological polar surface area (TPSA) is 26.3 Å². The lowest BCUT2D eigenvalue weighted by molar-refractivity contribution is -0.131. The third-order valence-electron chi connectivity index (χ3n) is 1.92. The van der Waals surface area contributed by atoms with Gasteiger partial charge in [-0.25, -0.2) is 0 Å². The van der Waals surface area contributed by atoms with Crippen LogP contribution in [0.5, 0.6) is 5.75 Å². The van der Waals surface area contributed by atoms with Gasteiger partial charge in [-0.15, -0.1) is 0 Å². The standard InChI is InChI=1S/C12H8ClO2/c13-10-5-7-11(8-6-10)15-12(14)9-3-1-2-4-9/h1-8H. The van der Waals surface area contributed by atoms with Crippen molar-refractivity contribution in [3.05, 3.63) is 60.9 Å². The number of carbonyl (C=O) groups is 1. The highest BCUT2D eigenvalue weighted by atomic mass is 35.5. The van der Waals surface area contributed by atoms with Crippen LogP contribution in [-0.2, 0) is 4.79 Å². The van der Waals surface area contributed by atoms with Crippen LogP contribution in [0.1, 0.15) is 0 Å². The largest absolute Gasteiger partial charge is 0.426 e. The second-order valence-corrected chi connectivity index (χ2v) is 3.45. The summed E-state index contributed by atoms with van der Waals surface area (Å²) in [7, 11) is 0. The van der Waals surface area contributed by atoms with Crippen LogP contribution in [0.3, 0.4) is 0 Å². The molecular formula is C12H8ClO2. The van der Waals surface area contributed by atoms with Crippen LogP contribution < -0.4 is 4.74 Å². The molecule has 1 aromatic carbocycles. The minimum absolute atomic E-state index is 0.359. The van der Waals surface area contributed by atoms with Gasteiger partial charge in [0.1, 0.15) is 5.75 Å². The van der Waals surface area contributed by atoms with Gasteiger partial charge in [0, 0.05) is 5.02 Å². The highest BCUT2D eigenvalue weighted by Crippen LogP contribution is 2.25. The molecule has 0 heterocycles. The van der Waals surface area contributed by atoms with Crippen LogP contribution >= 0.6 is 11.6 Å². The zero-order chi connectivity index (χ0) is 10.7. The lowest BCUT2D eigenvalue weighted by atomic mass is 10.1. The molecule has 15 heavy (non-hydrogen) atoms. The van der Waals surface area contributed by atoms with E-state index in [4.69, 9.17) is 16.3 Å². The molecule has 0 aromatic heterocycles. The average Bonchev–Trinajstić information content (AvgIpc) is 2.74. The van der Waals surface area contributed by atoms with E-state index in [1.165, 1.54) is 0 Å². The Morgan fingerprint density at radius 1 is 1.07 bits per heavy atom. The predicted octanol–water partition coefficient (Wildman–Crippen LogP) is 2.65. The fourth-order valence-electron chi connectivity index (χ4n) is 1.18. The third-order valence-corrected chi connectivity index (χ3v) is 2.17. The maximum absolute atomic E-state index is 11.5. The van der Waals surface area contributed by atoms with E-state index < -0.39 is 0 Å². The van der Waals surface area contributed by atoms with Gasteiger partial charge < -0.3 is 4.74 Å². The molecule has 1 saturated carbocycles. The Labute approximate surface area is 94.2 Å². The van der Waals surface area contributed by atoms with Crippen LogP contribution in [0.2, 0.25) is 5.02 Å². The van der Waals surface area contributed by atoms with Crippen molar-refractivity contribution in [2.24, 2.45) is 0 Å². The molecule has 5 radical (unpaired) electrons. The molecule has 1 aliphatic rings. The fourth-order valence-corrected chi connectivity index (χ4v) is 1.30. The Balaban J connectivity index is 1.96. The third kappa shape index (κ3) is 2.72. The Morgan fingerprint density at radius 3 is 2.27 bits per heavy atom. The molecule has 2 nitrogen and oxygen atoms in total. The summed E-state index contributed by atoms with van der Waals surface area (Å²) in [6.07, 6.45) is 6.99. The Bertz CT molecular complexity index is 339. The van der Waals surface area contributed by atoms with Crippen LogP contribution in [0.25, 0.3) is 0 Å². The van der Waals surface area contributed by atoms with Gasteiger partial charge in [0.15, 0.2) is 0 Å². The number of hydrogen-bond donors (Lipinski definition) is 0. The lowest BCUT2D eigenvalue weighted by Gasteiger charge is -2.07. The van der Waals surface area contributed by atoms with Gasteiger partial charge in [-0.1, -0.05) is 11.6 Å². The zero-order valence-electron chi connectivity index (χ0n) is 7.81. The second-order valence-electron chi connectivity index (χ2n) is 3.02. The van der Waals surface area contributed by atoms with E-state index in [9.17, 15) is 4.79 Å². The van der Waals surface area contributed by atoms with Crippen LogP contribution in [0.4, 0.5) is 0 Å². The molecule has 0 atom stereocenters. The van der Waals surface area contributed by atoms with E-state index in [0.29, 0.717) is 16.7 Å². The summed E-state index contributed by atoms with van der Waals surface area (Å²) in [5.74, 6) is 0.679. The number of carbonyl (C=O) groups excluding carboxylic acids is 1. The molecule has 0 spiro atoms. The van der Waals surface area contributed by atoms with Gasteiger partial charge in [-0.05, 0) is 49.9 Å². The first-order valence-electron chi connectivity index (χ1n) is 4.45. The van der Waals surface area contributed by atoms with Gasteiger partial charge in [0.05, 0.1) is 5.92 Å². The zero-order valence-corrected chi connectivity index (χ0v) is 8.57. The molecule has 0 unspecified atom stereocenters. The van der Waals surface area contributed by atoms with Crippen molar-refractivity contribution in [2.45, 2.75) is 0 Å². The molecule has 0 aliphatic heterocycles. The van der Waals surface area contributed by atoms with Crippen LogP contribution in [-0.4, -0.2) is 5.97 Å². The van der Waals surface area contributed by atoms with E-state index in [2.05, 4.69) is 0 Å². The van der Waals surface area contributed by atoms with Gasteiger partial charge in [-0.3, -0.25) is 4.79 Å². The molecular weight excluding hydrogens is 212 g/mol. The SMILES string of the molecule is O=C(Oc1ccc(Cl)cc1)[C]1[CH][CH][CH][CH]1. The highest BCUT2D eigenvalue weighted by molar-refractivity contribution is 6.30. The molecule has 1 aliphatic carbocycles. The van der Waals surface area contributed by atoms with E-state index in [1.54, 1.807) is 49.9 Å². The van der Waals surface area contributed by atoms with Crippen molar-refractivity contribution in [3.63, 3.8) is 0 Å². The molecule has 3 heteroatoms. The minimum atomic E-state index is -0.359. The number of halogens is 1. The van der Waals surface area contributed by atoms with Gasteiger partial charge in [0.25, 0.3) is 0 Å². The molecule has 0 amide bonds. The summed E-state index contributed by atoms with van der Waals surface area (Å²) in [6.45, 7) is 0. The number of ether oxygens (including phenoxy) is 1. The van der Waals surface area contributed by atoms with Gasteiger partial charge in [-0.2, -0.15) is 0 Å². The summed E-state index contributed by atoms with van der Waals surface area (Å²) in [5, 5.41) is 0.614. The first-order valence-corrected chi connectivity index (χ1v) is 4.83. The van der Waals surface area contributed by atoms with Crippen molar-refractivity contribution in [2.75, 3.05) is 0 Å². The summed E-state index contributed by atoms with van der Waals surface area (Å²) < 4.78 is 5.12. The van der Waals surface area contributed by atoms with Crippen LogP contribution in [0, 0.1) is 31.6 Å². The van der Waals surface area contributed by atoms with Gasteiger partial charge >= 0.3 is 5.97 Å².